The van der Waals surface area contributed by atoms with Crippen LogP contribution in [-0.4, -0.2) is 20.5 Å². The minimum Gasteiger partial charge on any atom is -0.329 e. The number of rotatable bonds is 5. The molecular formula is C15H24N2O2S. The molecule has 1 aliphatic carbocycles. The van der Waals surface area contributed by atoms with Crippen molar-refractivity contribution in [3.05, 3.63) is 28.8 Å². The first-order valence-electron chi connectivity index (χ1n) is 7.01. The smallest absolute Gasteiger partial charge is 0.241 e. The van der Waals surface area contributed by atoms with E-state index < -0.39 is 15.6 Å². The normalized spacial score (nSPS) is 18.9. The summed E-state index contributed by atoms with van der Waals surface area (Å²) in [7, 11) is -3.54. The third kappa shape index (κ3) is 2.90. The Morgan fingerprint density at radius 1 is 1.25 bits per heavy atom. The monoisotopic (exact) mass is 296 g/mol. The summed E-state index contributed by atoms with van der Waals surface area (Å²) in [5, 5.41) is 0. The van der Waals surface area contributed by atoms with Gasteiger partial charge in [0.1, 0.15) is 0 Å². The lowest BCUT2D eigenvalue weighted by atomic mass is 9.98. The first-order chi connectivity index (χ1) is 9.19. The van der Waals surface area contributed by atoms with E-state index in [1.54, 1.807) is 0 Å². The molecule has 0 aliphatic heterocycles. The van der Waals surface area contributed by atoms with Crippen molar-refractivity contribution >= 4 is 10.0 Å². The van der Waals surface area contributed by atoms with Crippen LogP contribution < -0.4 is 10.5 Å². The summed E-state index contributed by atoms with van der Waals surface area (Å²) in [6.07, 6.45) is 2.09. The van der Waals surface area contributed by atoms with Gasteiger partial charge in [0.25, 0.3) is 0 Å². The lowest BCUT2D eigenvalue weighted by Crippen LogP contribution is -2.53. The summed E-state index contributed by atoms with van der Waals surface area (Å²) in [5.41, 5.74) is 7.90. The van der Waals surface area contributed by atoms with Crippen molar-refractivity contribution in [3.63, 3.8) is 0 Å². The zero-order valence-electron chi connectivity index (χ0n) is 12.7. The van der Waals surface area contributed by atoms with E-state index in [2.05, 4.69) is 4.72 Å². The molecule has 1 aromatic rings. The third-order valence-electron chi connectivity index (χ3n) is 4.14. The average molecular weight is 296 g/mol. The van der Waals surface area contributed by atoms with Crippen LogP contribution in [0.15, 0.2) is 17.0 Å². The summed E-state index contributed by atoms with van der Waals surface area (Å²) in [4.78, 5) is 0.392. The van der Waals surface area contributed by atoms with E-state index in [0.717, 1.165) is 29.5 Å². The van der Waals surface area contributed by atoms with Crippen LogP contribution in [0.1, 0.15) is 36.5 Å². The molecule has 1 unspecified atom stereocenters. The minimum absolute atomic E-state index is 0.320. The zero-order valence-corrected chi connectivity index (χ0v) is 13.5. The van der Waals surface area contributed by atoms with E-state index in [0.29, 0.717) is 17.4 Å². The number of benzene rings is 1. The van der Waals surface area contributed by atoms with Gasteiger partial charge < -0.3 is 5.73 Å². The Bertz CT molecular complexity index is 598. The Labute approximate surface area is 121 Å². The van der Waals surface area contributed by atoms with Gasteiger partial charge in [-0.2, -0.15) is 0 Å². The molecule has 1 saturated carbocycles. The largest absolute Gasteiger partial charge is 0.329 e. The Morgan fingerprint density at radius 3 is 2.15 bits per heavy atom. The van der Waals surface area contributed by atoms with Gasteiger partial charge in [-0.15, -0.1) is 0 Å². The third-order valence-corrected chi connectivity index (χ3v) is 6.06. The molecule has 1 aliphatic rings. The van der Waals surface area contributed by atoms with Crippen LogP contribution in [0, 0.1) is 26.7 Å². The maximum Gasteiger partial charge on any atom is 0.241 e. The molecule has 5 heteroatoms. The van der Waals surface area contributed by atoms with Crippen molar-refractivity contribution in [1.29, 1.82) is 0 Å². The zero-order chi connectivity index (χ0) is 15.1. The van der Waals surface area contributed by atoms with Gasteiger partial charge in [0, 0.05) is 12.1 Å². The predicted octanol–water partition coefficient (Wildman–Crippen LogP) is 2.02. The molecule has 3 N–H and O–H groups in total. The van der Waals surface area contributed by atoms with Gasteiger partial charge >= 0.3 is 0 Å². The van der Waals surface area contributed by atoms with E-state index in [9.17, 15) is 8.42 Å². The van der Waals surface area contributed by atoms with Crippen LogP contribution in [0.5, 0.6) is 0 Å². The number of nitrogens with two attached hydrogens (primary N) is 1. The van der Waals surface area contributed by atoms with Gasteiger partial charge in [-0.05, 0) is 57.6 Å². The van der Waals surface area contributed by atoms with Crippen LogP contribution in [0.4, 0.5) is 0 Å². The fourth-order valence-electron chi connectivity index (χ4n) is 2.96. The summed E-state index contributed by atoms with van der Waals surface area (Å²) in [6.45, 7) is 7.87. The molecule has 112 valence electrons. The van der Waals surface area contributed by atoms with Crippen molar-refractivity contribution in [1.82, 2.24) is 4.72 Å². The van der Waals surface area contributed by atoms with E-state index in [-0.39, 0.29) is 0 Å². The number of hydrogen-bond donors (Lipinski definition) is 2. The second kappa shape index (κ2) is 5.13. The molecule has 20 heavy (non-hydrogen) atoms. The van der Waals surface area contributed by atoms with Gasteiger partial charge in [0.15, 0.2) is 0 Å². The second-order valence-electron chi connectivity index (χ2n) is 6.23. The second-order valence-corrected chi connectivity index (χ2v) is 7.85. The molecule has 1 aromatic carbocycles. The molecule has 0 amide bonds. The van der Waals surface area contributed by atoms with E-state index in [1.165, 1.54) is 0 Å². The van der Waals surface area contributed by atoms with Crippen LogP contribution >= 0.6 is 0 Å². The van der Waals surface area contributed by atoms with Crippen LogP contribution in [0.3, 0.4) is 0 Å². The van der Waals surface area contributed by atoms with Crippen molar-refractivity contribution in [2.75, 3.05) is 6.54 Å². The Hall–Kier alpha value is -0.910. The topological polar surface area (TPSA) is 72.2 Å². The molecule has 0 radical (unpaired) electrons. The maximum absolute atomic E-state index is 12.7. The molecule has 0 saturated heterocycles. The van der Waals surface area contributed by atoms with Crippen molar-refractivity contribution in [2.45, 2.75) is 51.0 Å². The van der Waals surface area contributed by atoms with Gasteiger partial charge in [-0.1, -0.05) is 17.7 Å². The summed E-state index contributed by atoms with van der Waals surface area (Å²) < 4.78 is 28.3. The van der Waals surface area contributed by atoms with Gasteiger partial charge in [-0.3, -0.25) is 0 Å². The standard InChI is InChI=1S/C15H24N2O2S/c1-10-7-11(2)14(12(3)8-10)20(18,19)17-15(4,9-16)13-5-6-13/h7-8,13,17H,5-6,9,16H2,1-4H3. The van der Waals surface area contributed by atoms with E-state index in [1.807, 2.05) is 39.8 Å². The van der Waals surface area contributed by atoms with Crippen molar-refractivity contribution < 1.29 is 8.42 Å². The van der Waals surface area contributed by atoms with Gasteiger partial charge in [0.2, 0.25) is 10.0 Å². The lowest BCUT2D eigenvalue weighted by molar-refractivity contribution is 0.374. The molecule has 0 spiro atoms. The highest BCUT2D eigenvalue weighted by Crippen LogP contribution is 2.40. The average Bonchev–Trinajstić information content (AvgIpc) is 3.09. The maximum atomic E-state index is 12.7. The van der Waals surface area contributed by atoms with Crippen LogP contribution in [-0.2, 0) is 10.0 Å². The lowest BCUT2D eigenvalue weighted by Gasteiger charge is -2.29. The Balaban J connectivity index is 2.41. The van der Waals surface area contributed by atoms with Crippen molar-refractivity contribution in [2.24, 2.45) is 11.7 Å². The molecule has 2 rings (SSSR count). The highest BCUT2D eigenvalue weighted by Gasteiger charge is 2.43. The fraction of sp³-hybridized carbons (Fsp3) is 0.600. The first-order valence-corrected chi connectivity index (χ1v) is 8.50. The van der Waals surface area contributed by atoms with Gasteiger partial charge in [0.05, 0.1) is 4.90 Å². The minimum atomic E-state index is -3.54. The number of aryl methyl sites for hydroxylation is 3. The van der Waals surface area contributed by atoms with E-state index >= 15 is 0 Å². The van der Waals surface area contributed by atoms with Crippen molar-refractivity contribution in [3.8, 4) is 0 Å². The van der Waals surface area contributed by atoms with Crippen LogP contribution in [0.25, 0.3) is 0 Å². The molecular weight excluding hydrogens is 272 g/mol. The first kappa shape index (κ1) is 15.5. The molecule has 0 heterocycles. The fourth-order valence-corrected chi connectivity index (χ4v) is 4.89. The quantitative estimate of drug-likeness (QED) is 0.873. The summed E-state index contributed by atoms with van der Waals surface area (Å²) in [6, 6.07) is 3.80. The van der Waals surface area contributed by atoms with E-state index in [4.69, 9.17) is 5.73 Å². The molecule has 1 atom stereocenters. The van der Waals surface area contributed by atoms with Gasteiger partial charge in [-0.25, -0.2) is 13.1 Å². The number of nitrogens with one attached hydrogen (secondary N) is 1. The highest BCUT2D eigenvalue weighted by atomic mass is 32.2. The Morgan fingerprint density at radius 2 is 1.75 bits per heavy atom. The summed E-state index contributed by atoms with van der Waals surface area (Å²) >= 11 is 0. The predicted molar refractivity (Wildman–Crippen MR) is 81.2 cm³/mol. The Kier molecular flexibility index (Phi) is 3.97. The summed E-state index contributed by atoms with van der Waals surface area (Å²) in [5.74, 6) is 0.355. The molecule has 4 nitrogen and oxygen atoms in total. The number of sulfonamides is 1. The number of hydrogen-bond acceptors (Lipinski definition) is 3. The molecule has 0 bridgehead atoms. The highest BCUT2D eigenvalue weighted by molar-refractivity contribution is 7.89. The molecule has 0 aromatic heterocycles. The molecule has 1 fully saturated rings. The van der Waals surface area contributed by atoms with Crippen LogP contribution in [0.2, 0.25) is 0 Å². The SMILES string of the molecule is Cc1cc(C)c(S(=O)(=O)NC(C)(CN)C2CC2)c(C)c1.